The third kappa shape index (κ3) is 5.46. The monoisotopic (exact) mass is 358 g/mol. The average molecular weight is 358 g/mol. The Labute approximate surface area is 156 Å². The number of carbonyl (C=O) groups excluding carboxylic acids is 2. The Morgan fingerprint density at radius 1 is 0.846 bits per heavy atom. The van der Waals surface area contributed by atoms with Crippen molar-refractivity contribution in [3.05, 3.63) is 35.9 Å². The fourth-order valence-corrected chi connectivity index (χ4v) is 3.69. The maximum atomic E-state index is 12.4. The SMILES string of the molecule is O=C(CCNC(=O)N1CCCN(Cc2ccccc2)CC1)N1CCCC1. The number of benzene rings is 1. The Bertz CT molecular complexity index is 587. The van der Waals surface area contributed by atoms with Gasteiger partial charge in [0.2, 0.25) is 5.91 Å². The molecule has 2 aliphatic rings. The highest BCUT2D eigenvalue weighted by molar-refractivity contribution is 5.78. The quantitative estimate of drug-likeness (QED) is 0.875. The van der Waals surface area contributed by atoms with E-state index < -0.39 is 0 Å². The van der Waals surface area contributed by atoms with Crippen LogP contribution in [0.2, 0.25) is 0 Å². The van der Waals surface area contributed by atoms with Crippen LogP contribution in [-0.4, -0.2) is 72.5 Å². The van der Waals surface area contributed by atoms with E-state index in [-0.39, 0.29) is 11.9 Å². The van der Waals surface area contributed by atoms with E-state index in [0.717, 1.165) is 65.1 Å². The number of amides is 3. The first-order valence-electron chi connectivity index (χ1n) is 9.79. The van der Waals surface area contributed by atoms with Gasteiger partial charge >= 0.3 is 6.03 Å². The summed E-state index contributed by atoms with van der Waals surface area (Å²) in [6.07, 6.45) is 3.59. The zero-order chi connectivity index (χ0) is 18.2. The van der Waals surface area contributed by atoms with Crippen molar-refractivity contribution >= 4 is 11.9 Å². The molecule has 0 bridgehead atoms. The molecule has 1 N–H and O–H groups in total. The van der Waals surface area contributed by atoms with Gasteiger partial charge in [-0.15, -0.1) is 0 Å². The Balaban J connectivity index is 1.37. The minimum absolute atomic E-state index is 0.0409. The molecule has 0 atom stereocenters. The lowest BCUT2D eigenvalue weighted by atomic mass is 10.2. The molecular weight excluding hydrogens is 328 g/mol. The van der Waals surface area contributed by atoms with Gasteiger partial charge in [0, 0.05) is 58.8 Å². The predicted octanol–water partition coefficient (Wildman–Crippen LogP) is 1.92. The van der Waals surface area contributed by atoms with Gasteiger partial charge in [0.05, 0.1) is 0 Å². The molecule has 0 radical (unpaired) electrons. The summed E-state index contributed by atoms with van der Waals surface area (Å²) in [6.45, 7) is 6.50. The zero-order valence-corrected chi connectivity index (χ0v) is 15.5. The molecule has 142 valence electrons. The lowest BCUT2D eigenvalue weighted by Crippen LogP contribution is -2.43. The van der Waals surface area contributed by atoms with Crippen molar-refractivity contribution in [2.75, 3.05) is 45.8 Å². The van der Waals surface area contributed by atoms with E-state index in [1.165, 1.54) is 5.56 Å². The lowest BCUT2D eigenvalue weighted by molar-refractivity contribution is -0.129. The van der Waals surface area contributed by atoms with Crippen LogP contribution in [-0.2, 0) is 11.3 Å². The molecule has 2 saturated heterocycles. The summed E-state index contributed by atoms with van der Waals surface area (Å²) in [6, 6.07) is 10.4. The van der Waals surface area contributed by atoms with Crippen molar-refractivity contribution in [3.8, 4) is 0 Å². The summed E-state index contributed by atoms with van der Waals surface area (Å²) in [5, 5.41) is 2.92. The molecule has 6 nitrogen and oxygen atoms in total. The number of rotatable bonds is 5. The maximum Gasteiger partial charge on any atom is 0.317 e. The molecule has 0 aliphatic carbocycles. The highest BCUT2D eigenvalue weighted by Crippen LogP contribution is 2.10. The molecule has 3 rings (SSSR count). The van der Waals surface area contributed by atoms with Crippen LogP contribution in [0, 0.1) is 0 Å². The van der Waals surface area contributed by atoms with Crippen molar-refractivity contribution < 1.29 is 9.59 Å². The van der Waals surface area contributed by atoms with Gasteiger partial charge in [0.15, 0.2) is 0 Å². The van der Waals surface area contributed by atoms with Crippen molar-refractivity contribution in [1.29, 1.82) is 0 Å². The van der Waals surface area contributed by atoms with Crippen LogP contribution in [0.1, 0.15) is 31.2 Å². The summed E-state index contributed by atoms with van der Waals surface area (Å²) in [7, 11) is 0. The Hall–Kier alpha value is -2.08. The molecule has 2 heterocycles. The largest absolute Gasteiger partial charge is 0.343 e. The van der Waals surface area contributed by atoms with Gasteiger partial charge in [0.25, 0.3) is 0 Å². The minimum Gasteiger partial charge on any atom is -0.343 e. The van der Waals surface area contributed by atoms with Crippen LogP contribution in [0.25, 0.3) is 0 Å². The van der Waals surface area contributed by atoms with Crippen LogP contribution >= 0.6 is 0 Å². The second-order valence-electron chi connectivity index (χ2n) is 7.17. The first-order valence-corrected chi connectivity index (χ1v) is 9.79. The number of hydrogen-bond acceptors (Lipinski definition) is 3. The zero-order valence-electron chi connectivity index (χ0n) is 15.5. The van der Waals surface area contributed by atoms with Crippen LogP contribution in [0.4, 0.5) is 4.79 Å². The number of likely N-dealkylation sites (tertiary alicyclic amines) is 1. The Morgan fingerprint density at radius 2 is 1.58 bits per heavy atom. The summed E-state index contributed by atoms with van der Waals surface area (Å²) in [4.78, 5) is 30.6. The smallest absolute Gasteiger partial charge is 0.317 e. The fraction of sp³-hybridized carbons (Fsp3) is 0.600. The third-order valence-corrected chi connectivity index (χ3v) is 5.20. The van der Waals surface area contributed by atoms with Crippen LogP contribution in [0.5, 0.6) is 0 Å². The van der Waals surface area contributed by atoms with Crippen LogP contribution in [0.3, 0.4) is 0 Å². The van der Waals surface area contributed by atoms with Crippen molar-refractivity contribution in [3.63, 3.8) is 0 Å². The van der Waals surface area contributed by atoms with Crippen molar-refractivity contribution in [1.82, 2.24) is 20.0 Å². The summed E-state index contributed by atoms with van der Waals surface area (Å²) in [5.41, 5.74) is 1.31. The molecule has 3 amide bonds. The van der Waals surface area contributed by atoms with Crippen LogP contribution in [0.15, 0.2) is 30.3 Å². The summed E-state index contributed by atoms with van der Waals surface area (Å²) in [5.74, 6) is 0.160. The van der Waals surface area contributed by atoms with E-state index in [4.69, 9.17) is 0 Å². The van der Waals surface area contributed by atoms with Gasteiger partial charge < -0.3 is 15.1 Å². The van der Waals surface area contributed by atoms with Gasteiger partial charge in [-0.2, -0.15) is 0 Å². The standard InChI is InChI=1S/C20H30N4O2/c25-19(23-12-4-5-13-23)9-10-21-20(26)24-14-6-11-22(15-16-24)17-18-7-2-1-3-8-18/h1-3,7-8H,4-6,9-17H2,(H,21,26). The Kier molecular flexibility index (Phi) is 6.89. The van der Waals surface area contributed by atoms with Crippen LogP contribution < -0.4 is 5.32 Å². The second-order valence-corrected chi connectivity index (χ2v) is 7.17. The normalized spacial score (nSPS) is 18.6. The molecule has 0 unspecified atom stereocenters. The highest BCUT2D eigenvalue weighted by atomic mass is 16.2. The van der Waals surface area contributed by atoms with Gasteiger partial charge in [-0.05, 0) is 24.8 Å². The van der Waals surface area contributed by atoms with E-state index in [9.17, 15) is 9.59 Å². The van der Waals surface area contributed by atoms with Crippen molar-refractivity contribution in [2.45, 2.75) is 32.2 Å². The molecule has 0 aromatic heterocycles. The molecule has 1 aromatic carbocycles. The molecular formula is C20H30N4O2. The molecule has 0 spiro atoms. The predicted molar refractivity (Wildman–Crippen MR) is 102 cm³/mol. The van der Waals surface area contributed by atoms with Crippen molar-refractivity contribution in [2.24, 2.45) is 0 Å². The van der Waals surface area contributed by atoms with E-state index in [1.807, 2.05) is 15.9 Å². The van der Waals surface area contributed by atoms with Gasteiger partial charge in [-0.1, -0.05) is 30.3 Å². The summed E-state index contributed by atoms with van der Waals surface area (Å²) < 4.78 is 0. The summed E-state index contributed by atoms with van der Waals surface area (Å²) >= 11 is 0. The molecule has 6 heteroatoms. The molecule has 26 heavy (non-hydrogen) atoms. The first-order chi connectivity index (χ1) is 12.7. The molecule has 1 aromatic rings. The van der Waals surface area contributed by atoms with Gasteiger partial charge in [-0.3, -0.25) is 9.69 Å². The van der Waals surface area contributed by atoms with E-state index >= 15 is 0 Å². The Morgan fingerprint density at radius 3 is 2.35 bits per heavy atom. The number of nitrogens with zero attached hydrogens (tertiary/aromatic N) is 3. The minimum atomic E-state index is -0.0409. The topological polar surface area (TPSA) is 55.9 Å². The number of nitrogens with one attached hydrogen (secondary N) is 1. The second kappa shape index (κ2) is 9.57. The molecule has 2 fully saturated rings. The van der Waals surface area contributed by atoms with Gasteiger partial charge in [-0.25, -0.2) is 4.79 Å². The van der Waals surface area contributed by atoms with E-state index in [1.54, 1.807) is 0 Å². The van der Waals surface area contributed by atoms with E-state index in [0.29, 0.717) is 13.0 Å². The first kappa shape index (κ1) is 18.7. The highest BCUT2D eigenvalue weighted by Gasteiger charge is 2.20. The maximum absolute atomic E-state index is 12.4. The number of carbonyl (C=O) groups is 2. The number of urea groups is 1. The number of hydrogen-bond donors (Lipinski definition) is 1. The fourth-order valence-electron chi connectivity index (χ4n) is 3.69. The third-order valence-electron chi connectivity index (χ3n) is 5.20. The van der Waals surface area contributed by atoms with E-state index in [2.05, 4.69) is 34.5 Å². The lowest BCUT2D eigenvalue weighted by Gasteiger charge is -2.22. The molecule has 0 saturated carbocycles. The molecule has 2 aliphatic heterocycles. The van der Waals surface area contributed by atoms with Gasteiger partial charge in [0.1, 0.15) is 0 Å². The average Bonchev–Trinajstić information content (AvgIpc) is 3.10.